The highest BCUT2D eigenvalue weighted by Gasteiger charge is 2.04. The van der Waals surface area contributed by atoms with Crippen LogP contribution < -0.4 is 15.4 Å². The number of rotatable bonds is 7. The van der Waals surface area contributed by atoms with Gasteiger partial charge in [0, 0.05) is 17.1 Å². The Hall–Kier alpha value is -3.27. The van der Waals surface area contributed by atoms with E-state index in [1.807, 2.05) is 72.8 Å². The van der Waals surface area contributed by atoms with Crippen molar-refractivity contribution in [3.63, 3.8) is 0 Å². The number of carbonyl (C=O) groups excluding carboxylic acids is 1. The zero-order valence-electron chi connectivity index (χ0n) is 14.7. The summed E-state index contributed by atoms with van der Waals surface area (Å²) < 4.78 is 5.54. The molecule has 4 heteroatoms. The molecule has 0 atom stereocenters. The second kappa shape index (κ2) is 8.72. The Labute approximate surface area is 153 Å². The number of carbonyl (C=O) groups is 1. The minimum Gasteiger partial charge on any atom is -0.493 e. The second-order valence-corrected chi connectivity index (χ2v) is 5.98. The molecule has 0 radical (unpaired) electrons. The van der Waals surface area contributed by atoms with Gasteiger partial charge < -0.3 is 15.4 Å². The summed E-state index contributed by atoms with van der Waals surface area (Å²) in [6.07, 6.45) is 0.304. The molecule has 3 aromatic rings. The highest BCUT2D eigenvalue weighted by atomic mass is 16.5. The van der Waals surface area contributed by atoms with Gasteiger partial charge in [0.15, 0.2) is 0 Å². The maximum absolute atomic E-state index is 12.0. The molecular formula is C22H22N2O2. The van der Waals surface area contributed by atoms with E-state index in [1.54, 1.807) is 0 Å². The number of amides is 1. The first kappa shape index (κ1) is 17.5. The minimum atomic E-state index is -0.0689. The fraction of sp³-hybridized carbons (Fsp3) is 0.136. The fourth-order valence-corrected chi connectivity index (χ4v) is 2.51. The molecule has 0 aromatic heterocycles. The zero-order valence-corrected chi connectivity index (χ0v) is 14.7. The lowest BCUT2D eigenvalue weighted by Gasteiger charge is -2.11. The van der Waals surface area contributed by atoms with Gasteiger partial charge in [-0.2, -0.15) is 0 Å². The summed E-state index contributed by atoms with van der Waals surface area (Å²) in [5.74, 6) is 0.701. The lowest BCUT2D eigenvalue weighted by molar-refractivity contribution is -0.116. The molecule has 3 aromatic carbocycles. The van der Waals surface area contributed by atoms with Crippen LogP contribution in [0, 0.1) is 6.92 Å². The molecule has 26 heavy (non-hydrogen) atoms. The second-order valence-electron chi connectivity index (χ2n) is 5.98. The summed E-state index contributed by atoms with van der Waals surface area (Å²) in [7, 11) is 0. The SMILES string of the molecule is Cc1ccccc1Nc1ccc(NC(=O)CCOc2ccccc2)cc1. The number of aryl methyl sites for hydroxylation is 1. The van der Waals surface area contributed by atoms with E-state index < -0.39 is 0 Å². The molecule has 0 aliphatic carbocycles. The first-order valence-corrected chi connectivity index (χ1v) is 8.61. The Morgan fingerprint density at radius 1 is 0.846 bits per heavy atom. The molecule has 0 unspecified atom stereocenters. The number of hydrogen-bond donors (Lipinski definition) is 2. The van der Waals surface area contributed by atoms with Crippen molar-refractivity contribution in [2.45, 2.75) is 13.3 Å². The molecule has 0 bridgehead atoms. The van der Waals surface area contributed by atoms with Gasteiger partial charge in [0.05, 0.1) is 13.0 Å². The Balaban J connectivity index is 1.47. The van der Waals surface area contributed by atoms with E-state index in [4.69, 9.17) is 4.74 Å². The van der Waals surface area contributed by atoms with Crippen LogP contribution in [0.5, 0.6) is 5.75 Å². The van der Waals surface area contributed by atoms with Gasteiger partial charge in [-0.1, -0.05) is 36.4 Å². The van der Waals surface area contributed by atoms with Crippen LogP contribution in [0.15, 0.2) is 78.9 Å². The molecule has 2 N–H and O–H groups in total. The molecule has 0 saturated carbocycles. The standard InChI is InChI=1S/C22H22N2O2/c1-17-7-5-6-10-21(17)23-18-11-13-19(14-12-18)24-22(25)15-16-26-20-8-3-2-4-9-20/h2-14,23H,15-16H2,1H3,(H,24,25). The van der Waals surface area contributed by atoms with Crippen molar-refractivity contribution < 1.29 is 9.53 Å². The highest BCUT2D eigenvalue weighted by Crippen LogP contribution is 2.21. The Morgan fingerprint density at radius 2 is 1.50 bits per heavy atom. The van der Waals surface area contributed by atoms with Crippen molar-refractivity contribution in [2.75, 3.05) is 17.2 Å². The Kier molecular flexibility index (Phi) is 5.88. The van der Waals surface area contributed by atoms with Crippen LogP contribution in [0.3, 0.4) is 0 Å². The van der Waals surface area contributed by atoms with Crippen molar-refractivity contribution in [1.82, 2.24) is 0 Å². The maximum atomic E-state index is 12.0. The van der Waals surface area contributed by atoms with Crippen molar-refractivity contribution in [3.05, 3.63) is 84.4 Å². The molecule has 0 spiro atoms. The van der Waals surface area contributed by atoms with Crippen molar-refractivity contribution in [2.24, 2.45) is 0 Å². The topological polar surface area (TPSA) is 50.4 Å². The summed E-state index contributed by atoms with van der Waals surface area (Å²) in [6, 6.07) is 25.3. The predicted octanol–water partition coefficient (Wildman–Crippen LogP) is 5.15. The molecule has 0 heterocycles. The molecule has 0 saturated heterocycles. The smallest absolute Gasteiger partial charge is 0.227 e. The maximum Gasteiger partial charge on any atom is 0.227 e. The third-order valence-corrected chi connectivity index (χ3v) is 3.93. The van der Waals surface area contributed by atoms with E-state index in [0.29, 0.717) is 13.0 Å². The molecule has 132 valence electrons. The van der Waals surface area contributed by atoms with Crippen LogP contribution in [-0.4, -0.2) is 12.5 Å². The minimum absolute atomic E-state index is 0.0689. The molecule has 0 aliphatic rings. The van der Waals surface area contributed by atoms with E-state index >= 15 is 0 Å². The average Bonchev–Trinajstić information content (AvgIpc) is 2.66. The predicted molar refractivity (Wildman–Crippen MR) is 106 cm³/mol. The van der Waals surface area contributed by atoms with Crippen LogP contribution in [-0.2, 0) is 4.79 Å². The number of ether oxygens (including phenoxy) is 1. The third-order valence-electron chi connectivity index (χ3n) is 3.93. The lowest BCUT2D eigenvalue weighted by atomic mass is 10.2. The Bertz CT molecular complexity index is 846. The fourth-order valence-electron chi connectivity index (χ4n) is 2.51. The number of anilines is 3. The molecule has 0 fully saturated rings. The van der Waals surface area contributed by atoms with Gasteiger partial charge in [-0.25, -0.2) is 0 Å². The number of para-hydroxylation sites is 2. The van der Waals surface area contributed by atoms with Gasteiger partial charge in [0.2, 0.25) is 5.91 Å². The van der Waals surface area contributed by atoms with Gasteiger partial charge in [-0.3, -0.25) is 4.79 Å². The number of nitrogens with one attached hydrogen (secondary N) is 2. The largest absolute Gasteiger partial charge is 0.493 e. The van der Waals surface area contributed by atoms with Crippen molar-refractivity contribution in [3.8, 4) is 5.75 Å². The highest BCUT2D eigenvalue weighted by molar-refractivity contribution is 5.91. The van der Waals surface area contributed by atoms with Crippen LogP contribution in [0.25, 0.3) is 0 Å². The number of benzene rings is 3. The van der Waals surface area contributed by atoms with Gasteiger partial charge in [0.1, 0.15) is 5.75 Å². The first-order valence-electron chi connectivity index (χ1n) is 8.61. The van der Waals surface area contributed by atoms with Crippen LogP contribution in [0.2, 0.25) is 0 Å². The molecule has 0 aliphatic heterocycles. The van der Waals surface area contributed by atoms with Gasteiger partial charge in [-0.05, 0) is 55.0 Å². The van der Waals surface area contributed by atoms with Crippen molar-refractivity contribution >= 4 is 23.0 Å². The molecule has 1 amide bonds. The first-order chi connectivity index (χ1) is 12.7. The van der Waals surface area contributed by atoms with Crippen LogP contribution >= 0.6 is 0 Å². The summed E-state index contributed by atoms with van der Waals surface area (Å²) in [5, 5.41) is 6.26. The van der Waals surface area contributed by atoms with Gasteiger partial charge in [-0.15, -0.1) is 0 Å². The van der Waals surface area contributed by atoms with E-state index in [-0.39, 0.29) is 5.91 Å². The summed E-state index contributed by atoms with van der Waals surface area (Å²) in [4.78, 5) is 12.0. The number of hydrogen-bond acceptors (Lipinski definition) is 3. The monoisotopic (exact) mass is 346 g/mol. The summed E-state index contributed by atoms with van der Waals surface area (Å²) in [6.45, 7) is 2.41. The van der Waals surface area contributed by atoms with E-state index in [0.717, 1.165) is 22.8 Å². The van der Waals surface area contributed by atoms with Gasteiger partial charge in [0.25, 0.3) is 0 Å². The quantitative estimate of drug-likeness (QED) is 0.622. The summed E-state index contributed by atoms with van der Waals surface area (Å²) in [5.41, 5.74) is 4.00. The lowest BCUT2D eigenvalue weighted by Crippen LogP contribution is -2.15. The van der Waals surface area contributed by atoms with Crippen molar-refractivity contribution in [1.29, 1.82) is 0 Å². The molecule has 3 rings (SSSR count). The zero-order chi connectivity index (χ0) is 18.2. The molecular weight excluding hydrogens is 324 g/mol. The van der Waals surface area contributed by atoms with Crippen LogP contribution in [0.4, 0.5) is 17.1 Å². The normalized spacial score (nSPS) is 10.2. The van der Waals surface area contributed by atoms with Crippen LogP contribution in [0.1, 0.15) is 12.0 Å². The third kappa shape index (κ3) is 5.11. The van der Waals surface area contributed by atoms with Gasteiger partial charge >= 0.3 is 0 Å². The summed E-state index contributed by atoms with van der Waals surface area (Å²) >= 11 is 0. The van der Waals surface area contributed by atoms with E-state index in [9.17, 15) is 4.79 Å². The molecule has 4 nitrogen and oxygen atoms in total. The van der Waals surface area contributed by atoms with E-state index in [1.165, 1.54) is 5.56 Å². The Morgan fingerprint density at radius 3 is 2.23 bits per heavy atom. The average molecular weight is 346 g/mol. The van der Waals surface area contributed by atoms with E-state index in [2.05, 4.69) is 23.6 Å².